The molecule has 2 rings (SSSR count). The molecule has 0 spiro atoms. The predicted octanol–water partition coefficient (Wildman–Crippen LogP) is 2.13. The van der Waals surface area contributed by atoms with Crippen molar-refractivity contribution in [3.05, 3.63) is 23.8 Å². The fraction of sp³-hybridized carbons (Fsp3) is 0.500. The summed E-state index contributed by atoms with van der Waals surface area (Å²) in [4.78, 5) is 0. The van der Waals surface area contributed by atoms with Gasteiger partial charge in [-0.1, -0.05) is 6.92 Å². The van der Waals surface area contributed by atoms with Gasteiger partial charge in [0.05, 0.1) is 13.2 Å². The first-order chi connectivity index (χ1) is 7.35. The van der Waals surface area contributed by atoms with Crippen LogP contribution in [0.5, 0.6) is 11.5 Å². The highest BCUT2D eigenvalue weighted by Crippen LogP contribution is 2.34. The molecule has 1 aromatic carbocycles. The van der Waals surface area contributed by atoms with Gasteiger partial charge in [0.1, 0.15) is 18.1 Å². The van der Waals surface area contributed by atoms with Crippen LogP contribution in [-0.4, -0.2) is 20.3 Å². The maximum atomic E-state index is 5.61. The van der Waals surface area contributed by atoms with Gasteiger partial charge in [0.2, 0.25) is 0 Å². The molecule has 0 amide bonds. The van der Waals surface area contributed by atoms with Gasteiger partial charge in [0.15, 0.2) is 0 Å². The third-order valence-corrected chi connectivity index (χ3v) is 2.64. The van der Waals surface area contributed by atoms with Gasteiger partial charge in [-0.05, 0) is 25.1 Å². The first kappa shape index (κ1) is 10.3. The maximum Gasteiger partial charge on any atom is 0.127 e. The van der Waals surface area contributed by atoms with E-state index in [9.17, 15) is 0 Å². The summed E-state index contributed by atoms with van der Waals surface area (Å²) >= 11 is 0. The minimum atomic E-state index is 0.339. The van der Waals surface area contributed by atoms with E-state index in [1.807, 2.05) is 12.1 Å². The first-order valence-electron chi connectivity index (χ1n) is 5.39. The van der Waals surface area contributed by atoms with E-state index < -0.39 is 0 Å². The summed E-state index contributed by atoms with van der Waals surface area (Å²) < 4.78 is 10.8. The van der Waals surface area contributed by atoms with Crippen molar-refractivity contribution in [1.82, 2.24) is 5.32 Å². The lowest BCUT2D eigenvalue weighted by Crippen LogP contribution is -2.22. The molecule has 82 valence electrons. The lowest BCUT2D eigenvalue weighted by atomic mass is 10.1. The zero-order valence-corrected chi connectivity index (χ0v) is 9.25. The van der Waals surface area contributed by atoms with E-state index in [0.717, 1.165) is 31.1 Å². The van der Waals surface area contributed by atoms with Crippen LogP contribution >= 0.6 is 0 Å². The number of methoxy groups -OCH3 is 1. The van der Waals surface area contributed by atoms with Gasteiger partial charge in [-0.25, -0.2) is 0 Å². The summed E-state index contributed by atoms with van der Waals surface area (Å²) in [6, 6.07) is 6.34. The molecular weight excluding hydrogens is 190 g/mol. The van der Waals surface area contributed by atoms with Crippen LogP contribution in [-0.2, 0) is 0 Å². The lowest BCUT2D eigenvalue weighted by Gasteiger charge is -2.10. The molecule has 0 aliphatic carbocycles. The number of nitrogens with one attached hydrogen (secondary N) is 1. The van der Waals surface area contributed by atoms with E-state index in [-0.39, 0.29) is 0 Å². The van der Waals surface area contributed by atoms with Gasteiger partial charge in [-0.2, -0.15) is 0 Å². The molecule has 0 saturated carbocycles. The Balaban J connectivity index is 2.13. The van der Waals surface area contributed by atoms with Crippen LogP contribution in [0.3, 0.4) is 0 Å². The first-order valence-corrected chi connectivity index (χ1v) is 5.39. The van der Waals surface area contributed by atoms with Crippen LogP contribution in [0.4, 0.5) is 0 Å². The maximum absolute atomic E-state index is 5.61. The van der Waals surface area contributed by atoms with Crippen LogP contribution in [0.1, 0.15) is 24.9 Å². The van der Waals surface area contributed by atoms with Crippen LogP contribution in [0.15, 0.2) is 18.2 Å². The number of ether oxygens (including phenoxy) is 2. The summed E-state index contributed by atoms with van der Waals surface area (Å²) in [5.41, 5.74) is 1.24. The second-order valence-corrected chi connectivity index (χ2v) is 3.72. The van der Waals surface area contributed by atoms with Crippen molar-refractivity contribution in [1.29, 1.82) is 0 Å². The summed E-state index contributed by atoms with van der Waals surface area (Å²) in [5.74, 6) is 1.80. The van der Waals surface area contributed by atoms with E-state index in [1.165, 1.54) is 5.56 Å². The average molecular weight is 207 g/mol. The quantitative estimate of drug-likeness (QED) is 0.820. The lowest BCUT2D eigenvalue weighted by molar-refractivity contribution is 0.310. The predicted molar refractivity (Wildman–Crippen MR) is 59.5 cm³/mol. The van der Waals surface area contributed by atoms with Gasteiger partial charge in [0.25, 0.3) is 0 Å². The molecule has 1 N–H and O–H groups in total. The van der Waals surface area contributed by atoms with E-state index >= 15 is 0 Å². The number of hydrogen-bond donors (Lipinski definition) is 1. The molecule has 0 bridgehead atoms. The average Bonchev–Trinajstić information content (AvgIpc) is 2.68. The van der Waals surface area contributed by atoms with E-state index in [2.05, 4.69) is 18.3 Å². The summed E-state index contributed by atoms with van der Waals surface area (Å²) in [6.07, 6.45) is 1.14. The Bertz CT molecular complexity index is 338. The standard InChI is InChI=1S/C12H17NO2/c1-3-6-13-11-8-15-12-7-9(14-2)4-5-10(11)12/h4-5,7,11,13H,3,6,8H2,1-2H3. The highest BCUT2D eigenvalue weighted by molar-refractivity contribution is 5.44. The summed E-state index contributed by atoms with van der Waals surface area (Å²) in [5, 5.41) is 3.46. The Hall–Kier alpha value is -1.22. The second kappa shape index (κ2) is 4.53. The Morgan fingerprint density at radius 3 is 3.13 bits per heavy atom. The minimum absolute atomic E-state index is 0.339. The van der Waals surface area contributed by atoms with E-state index in [0.29, 0.717) is 6.04 Å². The summed E-state index contributed by atoms with van der Waals surface area (Å²) in [6.45, 7) is 3.92. The molecule has 3 nitrogen and oxygen atoms in total. The summed E-state index contributed by atoms with van der Waals surface area (Å²) in [7, 11) is 1.67. The van der Waals surface area contributed by atoms with Crippen molar-refractivity contribution in [3.8, 4) is 11.5 Å². The Kier molecular flexibility index (Phi) is 3.11. The van der Waals surface area contributed by atoms with Crippen LogP contribution < -0.4 is 14.8 Å². The Labute approximate surface area is 90.4 Å². The van der Waals surface area contributed by atoms with Crippen molar-refractivity contribution in [2.75, 3.05) is 20.3 Å². The van der Waals surface area contributed by atoms with Gasteiger partial charge in [0, 0.05) is 11.6 Å². The number of benzene rings is 1. The molecule has 1 aliphatic heterocycles. The van der Waals surface area contributed by atoms with E-state index in [4.69, 9.17) is 9.47 Å². The van der Waals surface area contributed by atoms with Crippen LogP contribution in [0.25, 0.3) is 0 Å². The molecule has 0 saturated heterocycles. The largest absolute Gasteiger partial charge is 0.497 e. The molecule has 1 heterocycles. The Morgan fingerprint density at radius 1 is 1.53 bits per heavy atom. The van der Waals surface area contributed by atoms with Crippen molar-refractivity contribution in [3.63, 3.8) is 0 Å². The third kappa shape index (κ3) is 2.07. The monoisotopic (exact) mass is 207 g/mol. The van der Waals surface area contributed by atoms with E-state index in [1.54, 1.807) is 7.11 Å². The third-order valence-electron chi connectivity index (χ3n) is 2.64. The molecule has 0 aromatic heterocycles. The molecule has 0 radical (unpaired) electrons. The van der Waals surface area contributed by atoms with Gasteiger partial charge >= 0.3 is 0 Å². The number of hydrogen-bond acceptors (Lipinski definition) is 3. The normalized spacial score (nSPS) is 18.4. The molecular formula is C12H17NO2. The molecule has 0 fully saturated rings. The Morgan fingerprint density at radius 2 is 2.40 bits per heavy atom. The minimum Gasteiger partial charge on any atom is -0.497 e. The van der Waals surface area contributed by atoms with Crippen LogP contribution in [0.2, 0.25) is 0 Å². The van der Waals surface area contributed by atoms with Gasteiger partial charge in [-0.15, -0.1) is 0 Å². The van der Waals surface area contributed by atoms with Crippen molar-refractivity contribution in [2.45, 2.75) is 19.4 Å². The zero-order chi connectivity index (χ0) is 10.7. The fourth-order valence-electron chi connectivity index (χ4n) is 1.80. The molecule has 1 unspecified atom stereocenters. The molecule has 15 heavy (non-hydrogen) atoms. The fourth-order valence-corrected chi connectivity index (χ4v) is 1.80. The van der Waals surface area contributed by atoms with Crippen LogP contribution in [0, 0.1) is 0 Å². The van der Waals surface area contributed by atoms with Crippen molar-refractivity contribution < 1.29 is 9.47 Å². The molecule has 1 aliphatic rings. The number of fused-ring (bicyclic) bond motifs is 1. The van der Waals surface area contributed by atoms with Gasteiger partial charge < -0.3 is 14.8 Å². The molecule has 1 aromatic rings. The SMILES string of the molecule is CCCNC1COc2cc(OC)ccc21. The number of rotatable bonds is 4. The van der Waals surface area contributed by atoms with Crippen molar-refractivity contribution in [2.24, 2.45) is 0 Å². The highest BCUT2D eigenvalue weighted by atomic mass is 16.5. The second-order valence-electron chi connectivity index (χ2n) is 3.72. The zero-order valence-electron chi connectivity index (χ0n) is 9.25. The van der Waals surface area contributed by atoms with Crippen molar-refractivity contribution >= 4 is 0 Å². The van der Waals surface area contributed by atoms with Gasteiger partial charge in [-0.3, -0.25) is 0 Å². The molecule has 1 atom stereocenters. The molecule has 3 heteroatoms. The topological polar surface area (TPSA) is 30.5 Å². The smallest absolute Gasteiger partial charge is 0.127 e. The highest BCUT2D eigenvalue weighted by Gasteiger charge is 2.23.